The fraction of sp³-hybridized carbons (Fsp3) is 0.286. The highest BCUT2D eigenvalue weighted by molar-refractivity contribution is 6.06. The summed E-state index contributed by atoms with van der Waals surface area (Å²) >= 11 is 0. The summed E-state index contributed by atoms with van der Waals surface area (Å²) in [6.45, 7) is 6.57. The fourth-order valence-electron chi connectivity index (χ4n) is 4.87. The predicted molar refractivity (Wildman–Crippen MR) is 142 cm³/mol. The van der Waals surface area contributed by atoms with Gasteiger partial charge in [-0.3, -0.25) is 0 Å². The summed E-state index contributed by atoms with van der Waals surface area (Å²) in [4.78, 5) is 4.61. The summed E-state index contributed by atoms with van der Waals surface area (Å²) in [7, 11) is 0. The Bertz CT molecular complexity index is 1390. The lowest BCUT2D eigenvalue weighted by Gasteiger charge is -2.39. The van der Waals surface area contributed by atoms with E-state index in [2.05, 4.69) is 54.4 Å². The number of benzene rings is 2. The maximum absolute atomic E-state index is 9.60. The largest absolute Gasteiger partial charge is 0.508 e. The van der Waals surface area contributed by atoms with Gasteiger partial charge in [0.1, 0.15) is 11.6 Å². The number of aliphatic imine (C=N–C) groups is 1. The van der Waals surface area contributed by atoms with Crippen molar-refractivity contribution < 1.29 is 5.11 Å². The fourth-order valence-corrected chi connectivity index (χ4v) is 4.87. The lowest BCUT2D eigenvalue weighted by Crippen LogP contribution is -2.51. The summed E-state index contributed by atoms with van der Waals surface area (Å²) in [6.07, 6.45) is 5.67. The van der Waals surface area contributed by atoms with E-state index < -0.39 is 0 Å². The number of nitrogens with two attached hydrogens (primary N) is 2. The van der Waals surface area contributed by atoms with Crippen LogP contribution in [0.25, 0.3) is 16.6 Å². The molecule has 0 saturated heterocycles. The Kier molecular flexibility index (Phi) is 5.52. The molecule has 1 saturated carbocycles. The topological polar surface area (TPSA) is 114 Å². The monoisotopic (exact) mass is 468 g/mol. The number of nitrogens with one attached hydrogen (secondary N) is 1. The lowest BCUT2D eigenvalue weighted by atomic mass is 9.75. The van der Waals surface area contributed by atoms with Crippen molar-refractivity contribution in [3.63, 3.8) is 0 Å². The molecule has 2 atom stereocenters. The molecule has 2 aromatic carbocycles. The van der Waals surface area contributed by atoms with E-state index in [-0.39, 0.29) is 22.7 Å². The first-order valence-electron chi connectivity index (χ1n) is 11.9. The van der Waals surface area contributed by atoms with Crippen LogP contribution < -0.4 is 16.8 Å². The summed E-state index contributed by atoms with van der Waals surface area (Å²) in [6, 6.07) is 19.2. The number of rotatable bonds is 5. The van der Waals surface area contributed by atoms with Gasteiger partial charge in [-0.1, -0.05) is 44.2 Å². The molecule has 4 aromatic rings. The molecule has 1 aliphatic carbocycles. The van der Waals surface area contributed by atoms with Crippen molar-refractivity contribution in [1.29, 1.82) is 0 Å². The Hall–Kier alpha value is -3.84. The first-order chi connectivity index (χ1) is 16.7. The van der Waals surface area contributed by atoms with Crippen molar-refractivity contribution >= 4 is 22.7 Å². The first-order valence-corrected chi connectivity index (χ1v) is 11.9. The first kappa shape index (κ1) is 22.9. The van der Waals surface area contributed by atoms with Gasteiger partial charge < -0.3 is 21.9 Å². The molecule has 7 heteroatoms. The maximum Gasteiger partial charge on any atom is 0.135 e. The quantitative estimate of drug-likeness (QED) is 0.241. The molecule has 5 rings (SSSR count). The van der Waals surface area contributed by atoms with E-state index in [1.54, 1.807) is 30.5 Å². The van der Waals surface area contributed by atoms with Crippen LogP contribution in [0.5, 0.6) is 5.75 Å². The van der Waals surface area contributed by atoms with E-state index >= 15 is 0 Å². The van der Waals surface area contributed by atoms with Crippen molar-refractivity contribution in [2.24, 2.45) is 21.9 Å². The summed E-state index contributed by atoms with van der Waals surface area (Å²) in [5.74, 6) is 0.532. The van der Waals surface area contributed by atoms with Gasteiger partial charge in [0.2, 0.25) is 0 Å². The van der Waals surface area contributed by atoms with Crippen LogP contribution in [0.15, 0.2) is 78.0 Å². The van der Waals surface area contributed by atoms with Gasteiger partial charge >= 0.3 is 0 Å². The number of nitrogens with zero attached hydrogens (tertiary/aromatic N) is 3. The van der Waals surface area contributed by atoms with Crippen molar-refractivity contribution in [3.8, 4) is 16.9 Å². The third-order valence-corrected chi connectivity index (χ3v) is 7.73. The number of hydrogen-bond donors (Lipinski definition) is 4. The van der Waals surface area contributed by atoms with Gasteiger partial charge in [-0.25, -0.2) is 9.51 Å². The molecule has 0 amide bonds. The highest BCUT2D eigenvalue weighted by atomic mass is 16.3. The smallest absolute Gasteiger partial charge is 0.135 e. The summed E-state index contributed by atoms with van der Waals surface area (Å²) < 4.78 is 1.88. The minimum Gasteiger partial charge on any atom is -0.508 e. The van der Waals surface area contributed by atoms with E-state index in [0.29, 0.717) is 11.5 Å². The second kappa shape index (κ2) is 8.43. The Morgan fingerprint density at radius 2 is 1.80 bits per heavy atom. The van der Waals surface area contributed by atoms with Crippen LogP contribution in [0.2, 0.25) is 0 Å². The van der Waals surface area contributed by atoms with E-state index in [0.717, 1.165) is 40.7 Å². The normalized spacial score (nSPS) is 21.9. The van der Waals surface area contributed by atoms with E-state index in [1.165, 1.54) is 0 Å². The molecule has 0 aliphatic heterocycles. The molecule has 180 valence electrons. The molecule has 7 nitrogen and oxygen atoms in total. The van der Waals surface area contributed by atoms with Crippen LogP contribution in [-0.2, 0) is 0 Å². The SMILES string of the molecule is CC1(C)C(Nc2c(C(N)=Nc3ccc(O)cc3)cnn3cc(-c4ccccc4)cc23)CC[C@]1(C)N. The predicted octanol–water partition coefficient (Wildman–Crippen LogP) is 5.06. The zero-order valence-electron chi connectivity index (χ0n) is 20.4. The molecular weight excluding hydrogens is 436 g/mol. The molecule has 2 heterocycles. The van der Waals surface area contributed by atoms with Crippen LogP contribution in [0.3, 0.4) is 0 Å². The summed E-state index contributed by atoms with van der Waals surface area (Å²) in [5, 5.41) is 18.1. The average molecular weight is 469 g/mol. The van der Waals surface area contributed by atoms with Crippen LogP contribution in [0.1, 0.15) is 39.2 Å². The van der Waals surface area contributed by atoms with Gasteiger partial charge in [0, 0.05) is 28.8 Å². The second-order valence-electron chi connectivity index (χ2n) is 10.2. The number of aromatic hydroxyl groups is 1. The van der Waals surface area contributed by atoms with Gasteiger partial charge in [0.25, 0.3) is 0 Å². The Balaban J connectivity index is 1.64. The molecule has 6 N–H and O–H groups in total. The van der Waals surface area contributed by atoms with E-state index in [9.17, 15) is 5.11 Å². The van der Waals surface area contributed by atoms with Gasteiger partial charge in [-0.15, -0.1) is 0 Å². The number of hydrogen-bond acceptors (Lipinski definition) is 5. The minimum atomic E-state index is -0.281. The maximum atomic E-state index is 9.60. The third kappa shape index (κ3) is 4.12. The molecule has 35 heavy (non-hydrogen) atoms. The highest BCUT2D eigenvalue weighted by Crippen LogP contribution is 2.46. The zero-order valence-corrected chi connectivity index (χ0v) is 20.4. The summed E-state index contributed by atoms with van der Waals surface area (Å²) in [5.41, 5.74) is 18.2. The molecule has 1 aliphatic rings. The molecular formula is C28H32N6O. The second-order valence-corrected chi connectivity index (χ2v) is 10.2. The van der Waals surface area contributed by atoms with Crippen molar-refractivity contribution in [2.45, 2.75) is 45.2 Å². The number of amidine groups is 1. The van der Waals surface area contributed by atoms with Gasteiger partial charge in [0.05, 0.1) is 28.7 Å². The Morgan fingerprint density at radius 3 is 2.46 bits per heavy atom. The van der Waals surface area contributed by atoms with Gasteiger partial charge in [-0.2, -0.15) is 5.10 Å². The molecule has 1 fully saturated rings. The number of fused-ring (bicyclic) bond motifs is 1. The van der Waals surface area contributed by atoms with Crippen LogP contribution >= 0.6 is 0 Å². The molecule has 0 spiro atoms. The molecule has 1 unspecified atom stereocenters. The molecule has 2 aromatic heterocycles. The zero-order chi connectivity index (χ0) is 24.8. The number of phenolic OH excluding ortho intramolecular Hbond substituents is 1. The minimum absolute atomic E-state index is 0.137. The lowest BCUT2D eigenvalue weighted by molar-refractivity contribution is 0.215. The van der Waals surface area contributed by atoms with Gasteiger partial charge in [-0.05, 0) is 55.7 Å². The molecule has 0 bridgehead atoms. The number of anilines is 1. The Morgan fingerprint density at radius 1 is 1.09 bits per heavy atom. The Labute approximate surface area is 205 Å². The van der Waals surface area contributed by atoms with Crippen LogP contribution in [0.4, 0.5) is 11.4 Å². The number of phenols is 1. The van der Waals surface area contributed by atoms with E-state index in [4.69, 9.17) is 11.5 Å². The standard InChI is InChI=1S/C28H32N6O/c1-27(2)24(13-14-28(27,3)30)33-25-22(26(29)32-20-9-11-21(35)12-10-20)16-31-34-17-19(15-23(25)34)18-7-5-4-6-8-18/h4-12,15-17,24,33,35H,13-14,30H2,1-3H3,(H2,29,32)/t24?,28-/m0/s1. The van der Waals surface area contributed by atoms with Crippen LogP contribution in [-0.4, -0.2) is 32.1 Å². The highest BCUT2D eigenvalue weighted by Gasteiger charge is 2.49. The number of aromatic nitrogens is 2. The third-order valence-electron chi connectivity index (χ3n) is 7.73. The average Bonchev–Trinajstić information content (AvgIpc) is 3.36. The van der Waals surface area contributed by atoms with Crippen LogP contribution in [0, 0.1) is 5.41 Å². The van der Waals surface area contributed by atoms with Crippen molar-refractivity contribution in [3.05, 3.63) is 78.6 Å². The van der Waals surface area contributed by atoms with E-state index in [1.807, 2.05) is 28.9 Å². The van der Waals surface area contributed by atoms with Crippen molar-refractivity contribution in [2.75, 3.05) is 5.32 Å². The van der Waals surface area contributed by atoms with Gasteiger partial charge in [0.15, 0.2) is 0 Å². The molecule has 0 radical (unpaired) electrons. The van der Waals surface area contributed by atoms with Crippen molar-refractivity contribution in [1.82, 2.24) is 9.61 Å².